The highest BCUT2D eigenvalue weighted by Gasteiger charge is 2.03. The van der Waals surface area contributed by atoms with Crippen LogP contribution in [0.2, 0.25) is 0 Å². The molecule has 0 aromatic heterocycles. The van der Waals surface area contributed by atoms with Crippen molar-refractivity contribution in [3.63, 3.8) is 0 Å². The lowest BCUT2D eigenvalue weighted by molar-refractivity contribution is 0.615. The van der Waals surface area contributed by atoms with E-state index in [0.29, 0.717) is 4.90 Å². The zero-order valence-corrected chi connectivity index (χ0v) is 9.59. The van der Waals surface area contributed by atoms with Crippen LogP contribution in [-0.2, 0) is 10.7 Å². The summed E-state index contributed by atoms with van der Waals surface area (Å²) in [6.45, 7) is 0. The van der Waals surface area contributed by atoms with Crippen molar-refractivity contribution in [3.05, 3.63) is 40.9 Å². The van der Waals surface area contributed by atoms with Crippen molar-refractivity contribution < 1.29 is 8.42 Å². The van der Waals surface area contributed by atoms with Gasteiger partial charge in [-0.25, -0.2) is 8.42 Å². The number of fused-ring (bicyclic) bond motifs is 1. The number of hydrogen-bond donors (Lipinski definition) is 1. The summed E-state index contributed by atoms with van der Waals surface area (Å²) < 4.78 is 22.7. The maximum absolute atomic E-state index is 11.0. The molecule has 2 aromatic rings. The van der Waals surface area contributed by atoms with Gasteiger partial charge in [-0.2, -0.15) is 0 Å². The third kappa shape index (κ3) is 1.67. The van der Waals surface area contributed by atoms with Crippen LogP contribution < -0.4 is 0 Å². The Morgan fingerprint density at radius 1 is 1.07 bits per heavy atom. The third-order valence-corrected chi connectivity index (χ3v) is 3.22. The molecule has 0 unspecified atom stereocenters. The number of benzene rings is 2. The average Bonchev–Trinajstić information content (AvgIpc) is 2.16. The molecule has 0 spiro atoms. The first-order valence-electron chi connectivity index (χ1n) is 4.01. The maximum Gasteiger partial charge on any atom is 0.168 e. The Morgan fingerprint density at radius 2 is 1.79 bits per heavy atom. The van der Waals surface area contributed by atoms with Crippen LogP contribution in [0.25, 0.3) is 10.8 Å². The second-order valence-corrected chi connectivity index (χ2v) is 4.81. The van der Waals surface area contributed by atoms with Gasteiger partial charge in [0, 0.05) is 9.86 Å². The predicted molar refractivity (Wildman–Crippen MR) is 60.2 cm³/mol. The van der Waals surface area contributed by atoms with E-state index in [4.69, 9.17) is 0 Å². The lowest BCUT2D eigenvalue weighted by atomic mass is 10.1. The molecule has 0 aliphatic heterocycles. The van der Waals surface area contributed by atoms with Gasteiger partial charge in [0.15, 0.2) is 10.7 Å². The van der Waals surface area contributed by atoms with Gasteiger partial charge in [0.25, 0.3) is 0 Å². The average molecular weight is 271 g/mol. The number of rotatable bonds is 1. The molecule has 0 bridgehead atoms. The van der Waals surface area contributed by atoms with Crippen molar-refractivity contribution in [1.29, 1.82) is 0 Å². The molecule has 0 radical (unpaired) electrons. The summed E-state index contributed by atoms with van der Waals surface area (Å²) in [4.78, 5) is 0.366. The van der Waals surface area contributed by atoms with Gasteiger partial charge >= 0.3 is 0 Å². The Morgan fingerprint density at radius 3 is 2.50 bits per heavy atom. The molecule has 2 aromatic carbocycles. The summed E-state index contributed by atoms with van der Waals surface area (Å²) in [6.07, 6.45) is 0. The van der Waals surface area contributed by atoms with Crippen LogP contribution in [-0.4, -0.2) is 8.42 Å². The summed E-state index contributed by atoms with van der Waals surface area (Å²) in [6, 6.07) is 10.9. The zero-order valence-electron chi connectivity index (χ0n) is 7.11. The van der Waals surface area contributed by atoms with E-state index in [1.54, 1.807) is 6.07 Å². The number of thiol groups is 1. The molecule has 0 N–H and O–H groups in total. The molecule has 0 amide bonds. The van der Waals surface area contributed by atoms with Crippen LogP contribution in [0.3, 0.4) is 0 Å². The molecule has 0 aliphatic rings. The fourth-order valence-corrected chi connectivity index (χ4v) is 2.70. The highest BCUT2D eigenvalue weighted by Crippen LogP contribution is 2.24. The third-order valence-electron chi connectivity index (χ3n) is 2.00. The topological polar surface area (TPSA) is 34.1 Å². The number of halogens is 1. The van der Waals surface area contributed by atoms with Crippen LogP contribution >= 0.6 is 15.9 Å². The van der Waals surface area contributed by atoms with Crippen molar-refractivity contribution in [2.45, 2.75) is 4.90 Å². The monoisotopic (exact) mass is 270 g/mol. The smallest absolute Gasteiger partial charge is 0.168 e. The molecule has 2 rings (SSSR count). The van der Waals surface area contributed by atoms with Gasteiger partial charge in [0.1, 0.15) is 0 Å². The molecule has 0 aliphatic carbocycles. The highest BCUT2D eigenvalue weighted by atomic mass is 79.9. The van der Waals surface area contributed by atoms with Crippen LogP contribution in [0.4, 0.5) is 0 Å². The molecule has 4 heteroatoms. The van der Waals surface area contributed by atoms with E-state index >= 15 is 0 Å². The molecular weight excluding hydrogens is 264 g/mol. The van der Waals surface area contributed by atoms with Gasteiger partial charge in [0.05, 0.1) is 4.90 Å². The van der Waals surface area contributed by atoms with E-state index < -0.39 is 10.7 Å². The fourth-order valence-electron chi connectivity index (χ4n) is 1.41. The predicted octanol–water partition coefficient (Wildman–Crippen LogP) is 2.57. The molecule has 2 nitrogen and oxygen atoms in total. The van der Waals surface area contributed by atoms with E-state index in [2.05, 4.69) is 15.9 Å². The number of hydrogen-bond acceptors (Lipinski definition) is 2. The molecule has 14 heavy (non-hydrogen) atoms. The fraction of sp³-hybridized carbons (Fsp3) is 0. The van der Waals surface area contributed by atoms with Crippen molar-refractivity contribution in [2.24, 2.45) is 0 Å². The summed E-state index contributed by atoms with van der Waals surface area (Å²) in [7, 11) is -2.54. The van der Waals surface area contributed by atoms with E-state index in [9.17, 15) is 8.42 Å². The highest BCUT2D eigenvalue weighted by molar-refractivity contribution is 9.10. The van der Waals surface area contributed by atoms with Crippen molar-refractivity contribution in [1.82, 2.24) is 0 Å². The molecule has 0 saturated heterocycles. The van der Waals surface area contributed by atoms with Crippen molar-refractivity contribution in [3.8, 4) is 0 Å². The molecular formula is C10H7BrO2S. The largest absolute Gasteiger partial charge is 0.227 e. The van der Waals surface area contributed by atoms with Gasteiger partial charge in [-0.05, 0) is 17.5 Å². The molecule has 0 fully saturated rings. The standard InChI is InChI=1S/C10H7BrO2S/c11-8-5-7-3-1-2-4-9(7)10(6-8)14(12)13/h1-6,14H. The second kappa shape index (κ2) is 3.71. The Balaban J connectivity index is 2.94. The minimum absolute atomic E-state index is 0.366. The lowest BCUT2D eigenvalue weighted by Crippen LogP contribution is -1.83. The summed E-state index contributed by atoms with van der Waals surface area (Å²) in [5, 5.41) is 1.70. The SMILES string of the molecule is O=[SH](=O)c1cc(Br)cc2ccccc12. The molecule has 72 valence electrons. The van der Waals surface area contributed by atoms with Gasteiger partial charge in [-0.1, -0.05) is 40.2 Å². The van der Waals surface area contributed by atoms with Gasteiger partial charge in [0.2, 0.25) is 0 Å². The first-order valence-corrected chi connectivity index (χ1v) is 5.98. The van der Waals surface area contributed by atoms with Crippen molar-refractivity contribution >= 4 is 37.4 Å². The second-order valence-electron chi connectivity index (χ2n) is 2.90. The normalized spacial score (nSPS) is 11.0. The Hall–Kier alpha value is -0.870. The molecule has 0 atom stereocenters. The Kier molecular flexibility index (Phi) is 2.56. The Bertz CT molecular complexity index is 553. The van der Waals surface area contributed by atoms with Gasteiger partial charge < -0.3 is 0 Å². The summed E-state index contributed by atoms with van der Waals surface area (Å²) in [5.41, 5.74) is 0. The Labute approximate surface area is 91.6 Å². The lowest BCUT2D eigenvalue weighted by Gasteiger charge is -2.01. The van der Waals surface area contributed by atoms with Crippen molar-refractivity contribution in [2.75, 3.05) is 0 Å². The van der Waals surface area contributed by atoms with E-state index in [0.717, 1.165) is 15.2 Å². The van der Waals surface area contributed by atoms with E-state index in [1.165, 1.54) is 0 Å². The van der Waals surface area contributed by atoms with Crippen LogP contribution in [0, 0.1) is 0 Å². The quantitative estimate of drug-likeness (QED) is 0.809. The molecule has 0 heterocycles. The van der Waals surface area contributed by atoms with E-state index in [-0.39, 0.29) is 0 Å². The zero-order chi connectivity index (χ0) is 10.1. The van der Waals surface area contributed by atoms with Gasteiger partial charge in [-0.3, -0.25) is 0 Å². The first-order chi connectivity index (χ1) is 6.68. The minimum atomic E-state index is -2.54. The summed E-state index contributed by atoms with van der Waals surface area (Å²) in [5.74, 6) is 0. The minimum Gasteiger partial charge on any atom is -0.227 e. The van der Waals surface area contributed by atoms with Crippen LogP contribution in [0.5, 0.6) is 0 Å². The van der Waals surface area contributed by atoms with Crippen LogP contribution in [0.15, 0.2) is 45.8 Å². The van der Waals surface area contributed by atoms with E-state index in [1.807, 2.05) is 30.3 Å². The van der Waals surface area contributed by atoms with Gasteiger partial charge in [-0.15, -0.1) is 0 Å². The maximum atomic E-state index is 11.0. The summed E-state index contributed by atoms with van der Waals surface area (Å²) >= 11 is 3.28. The van der Waals surface area contributed by atoms with Crippen LogP contribution in [0.1, 0.15) is 0 Å². The molecule has 0 saturated carbocycles. The first kappa shape index (κ1) is 9.68.